The van der Waals surface area contributed by atoms with E-state index in [0.717, 1.165) is 32.4 Å². The number of amides is 2. The van der Waals surface area contributed by atoms with Gasteiger partial charge in [0.25, 0.3) is 0 Å². The summed E-state index contributed by atoms with van der Waals surface area (Å²) in [6, 6.07) is 9.05. The maximum absolute atomic E-state index is 12.6. The van der Waals surface area contributed by atoms with Crippen LogP contribution in [0, 0.1) is 0 Å². The highest BCUT2D eigenvalue weighted by atomic mass is 16.2. The van der Waals surface area contributed by atoms with Crippen molar-refractivity contribution in [3.63, 3.8) is 0 Å². The van der Waals surface area contributed by atoms with E-state index >= 15 is 0 Å². The number of nitrogens with zero attached hydrogens (tertiary/aromatic N) is 2. The van der Waals surface area contributed by atoms with Gasteiger partial charge in [0.1, 0.15) is 0 Å². The first-order valence-electron chi connectivity index (χ1n) is 8.84. The molecular weight excluding hydrogens is 286 g/mol. The molecule has 1 N–H and O–H groups in total. The molecule has 2 aliphatic rings. The Morgan fingerprint density at radius 1 is 1.17 bits per heavy atom. The molecule has 1 fully saturated rings. The lowest BCUT2D eigenvalue weighted by molar-refractivity contribution is 0.183. The molecule has 2 aromatic rings. The maximum Gasteiger partial charge on any atom is 0.317 e. The molecule has 23 heavy (non-hydrogen) atoms. The largest absolute Gasteiger partial charge is 0.346 e. The molecular formula is C19H25N3O. The van der Waals surface area contributed by atoms with Crippen LogP contribution in [0.25, 0.3) is 10.9 Å². The summed E-state index contributed by atoms with van der Waals surface area (Å²) in [4.78, 5) is 14.6. The number of fused-ring (bicyclic) bond motifs is 3. The van der Waals surface area contributed by atoms with Crippen LogP contribution in [0.5, 0.6) is 0 Å². The van der Waals surface area contributed by atoms with E-state index in [1.54, 1.807) is 0 Å². The van der Waals surface area contributed by atoms with E-state index in [1.807, 2.05) is 4.90 Å². The Balaban J connectivity index is 1.53. The standard InChI is InChI=1S/C19H25N3O/c1-21-17-10-6-5-9-15(17)16-11-12-22(13-18(16)21)19(23)20-14-7-3-2-4-8-14/h5-6,9-10,14H,2-4,7-8,11-13H2,1H3,(H,20,23). The van der Waals surface area contributed by atoms with Crippen LogP contribution in [-0.2, 0) is 20.0 Å². The number of aryl methyl sites for hydroxylation is 1. The van der Waals surface area contributed by atoms with Gasteiger partial charge in [0.15, 0.2) is 0 Å². The molecule has 0 saturated heterocycles. The second kappa shape index (κ2) is 5.91. The number of benzene rings is 1. The number of aromatic nitrogens is 1. The predicted molar refractivity (Wildman–Crippen MR) is 92.4 cm³/mol. The summed E-state index contributed by atoms with van der Waals surface area (Å²) in [5, 5.41) is 4.60. The van der Waals surface area contributed by atoms with Gasteiger partial charge in [-0.25, -0.2) is 4.79 Å². The van der Waals surface area contributed by atoms with Gasteiger partial charge in [-0.1, -0.05) is 37.5 Å². The smallest absolute Gasteiger partial charge is 0.317 e. The number of para-hydroxylation sites is 1. The summed E-state index contributed by atoms with van der Waals surface area (Å²) in [5.74, 6) is 0. The first kappa shape index (κ1) is 14.6. The molecule has 0 spiro atoms. The molecule has 0 radical (unpaired) electrons. The molecule has 2 heterocycles. The fourth-order valence-corrected chi connectivity index (χ4v) is 4.20. The lowest BCUT2D eigenvalue weighted by Gasteiger charge is -2.31. The quantitative estimate of drug-likeness (QED) is 0.859. The number of carbonyl (C=O) groups excluding carboxylic acids is 1. The number of nitrogens with one attached hydrogen (secondary N) is 1. The van der Waals surface area contributed by atoms with Crippen molar-refractivity contribution in [2.45, 2.75) is 51.1 Å². The Morgan fingerprint density at radius 2 is 1.96 bits per heavy atom. The minimum atomic E-state index is 0.118. The average molecular weight is 311 g/mol. The summed E-state index contributed by atoms with van der Waals surface area (Å²) >= 11 is 0. The van der Waals surface area contributed by atoms with Crippen molar-refractivity contribution < 1.29 is 4.79 Å². The Morgan fingerprint density at radius 3 is 2.78 bits per heavy atom. The monoisotopic (exact) mass is 311 g/mol. The number of carbonyl (C=O) groups is 1. The van der Waals surface area contributed by atoms with E-state index < -0.39 is 0 Å². The molecule has 4 heteroatoms. The van der Waals surface area contributed by atoms with Crippen LogP contribution >= 0.6 is 0 Å². The Bertz CT molecular complexity index is 728. The fraction of sp³-hybridized carbons (Fsp3) is 0.526. The minimum Gasteiger partial charge on any atom is -0.346 e. The first-order chi connectivity index (χ1) is 11.2. The molecule has 1 aliphatic carbocycles. The van der Waals surface area contributed by atoms with Crippen molar-refractivity contribution in [1.82, 2.24) is 14.8 Å². The summed E-state index contributed by atoms with van der Waals surface area (Å²) in [7, 11) is 2.11. The van der Waals surface area contributed by atoms with Crippen molar-refractivity contribution in [1.29, 1.82) is 0 Å². The number of hydrogen-bond acceptors (Lipinski definition) is 1. The van der Waals surface area contributed by atoms with Gasteiger partial charge >= 0.3 is 6.03 Å². The molecule has 4 rings (SSSR count). The summed E-state index contributed by atoms with van der Waals surface area (Å²) < 4.78 is 2.25. The molecule has 1 aromatic heterocycles. The van der Waals surface area contributed by atoms with E-state index in [4.69, 9.17) is 0 Å². The summed E-state index contributed by atoms with van der Waals surface area (Å²) in [6.07, 6.45) is 7.04. The van der Waals surface area contributed by atoms with Gasteiger partial charge in [0, 0.05) is 36.2 Å². The lowest BCUT2D eigenvalue weighted by atomic mass is 9.95. The zero-order valence-electron chi connectivity index (χ0n) is 13.8. The van der Waals surface area contributed by atoms with Crippen LogP contribution in [0.1, 0.15) is 43.4 Å². The van der Waals surface area contributed by atoms with E-state index in [2.05, 4.69) is 41.2 Å². The summed E-state index contributed by atoms with van der Waals surface area (Å²) in [5.41, 5.74) is 3.98. The van der Waals surface area contributed by atoms with Crippen molar-refractivity contribution in [2.75, 3.05) is 6.54 Å². The van der Waals surface area contributed by atoms with E-state index in [0.29, 0.717) is 6.04 Å². The Labute approximate surface area is 137 Å². The highest BCUT2D eigenvalue weighted by Gasteiger charge is 2.27. The van der Waals surface area contributed by atoms with Crippen molar-refractivity contribution in [3.05, 3.63) is 35.5 Å². The van der Waals surface area contributed by atoms with Gasteiger partial charge in [-0.15, -0.1) is 0 Å². The third-order valence-corrected chi connectivity index (χ3v) is 5.54. The van der Waals surface area contributed by atoms with Crippen molar-refractivity contribution in [3.8, 4) is 0 Å². The molecule has 0 unspecified atom stereocenters. The van der Waals surface area contributed by atoms with Gasteiger partial charge in [-0.3, -0.25) is 0 Å². The van der Waals surface area contributed by atoms with E-state index in [-0.39, 0.29) is 6.03 Å². The molecule has 1 aromatic carbocycles. The minimum absolute atomic E-state index is 0.118. The average Bonchev–Trinajstić information content (AvgIpc) is 2.89. The molecule has 4 nitrogen and oxygen atoms in total. The highest BCUT2D eigenvalue weighted by Crippen LogP contribution is 2.30. The van der Waals surface area contributed by atoms with Gasteiger partial charge in [-0.05, 0) is 30.9 Å². The van der Waals surface area contributed by atoms with Gasteiger partial charge in [-0.2, -0.15) is 0 Å². The van der Waals surface area contributed by atoms with Crippen molar-refractivity contribution in [2.24, 2.45) is 7.05 Å². The molecule has 0 bridgehead atoms. The van der Waals surface area contributed by atoms with Crippen LogP contribution in [-0.4, -0.2) is 28.1 Å². The fourth-order valence-electron chi connectivity index (χ4n) is 4.20. The zero-order valence-corrected chi connectivity index (χ0v) is 13.8. The number of urea groups is 1. The van der Waals surface area contributed by atoms with Crippen LogP contribution in [0.3, 0.4) is 0 Å². The van der Waals surface area contributed by atoms with Gasteiger partial charge < -0.3 is 14.8 Å². The molecule has 2 amide bonds. The van der Waals surface area contributed by atoms with Crippen LogP contribution in [0.2, 0.25) is 0 Å². The Hall–Kier alpha value is -1.97. The zero-order chi connectivity index (χ0) is 15.8. The molecule has 122 valence electrons. The normalized spacial score (nSPS) is 18.9. The SMILES string of the molecule is Cn1c2c(c3ccccc31)CCN(C(=O)NC1CCCCC1)C2. The van der Waals surface area contributed by atoms with E-state index in [1.165, 1.54) is 41.4 Å². The second-order valence-corrected chi connectivity index (χ2v) is 6.96. The van der Waals surface area contributed by atoms with E-state index in [9.17, 15) is 4.79 Å². The third kappa shape index (κ3) is 2.60. The van der Waals surface area contributed by atoms with Crippen molar-refractivity contribution >= 4 is 16.9 Å². The molecule has 1 saturated carbocycles. The topological polar surface area (TPSA) is 37.3 Å². The van der Waals surface area contributed by atoms with Gasteiger partial charge in [0.05, 0.1) is 6.54 Å². The number of hydrogen-bond donors (Lipinski definition) is 1. The molecule has 0 atom stereocenters. The molecule has 1 aliphatic heterocycles. The van der Waals surface area contributed by atoms with Crippen LogP contribution in [0.4, 0.5) is 4.79 Å². The second-order valence-electron chi connectivity index (χ2n) is 6.96. The first-order valence-corrected chi connectivity index (χ1v) is 8.84. The van der Waals surface area contributed by atoms with Crippen LogP contribution in [0.15, 0.2) is 24.3 Å². The maximum atomic E-state index is 12.6. The lowest BCUT2D eigenvalue weighted by Crippen LogP contribution is -2.47. The highest BCUT2D eigenvalue weighted by molar-refractivity contribution is 5.86. The van der Waals surface area contributed by atoms with Gasteiger partial charge in [0.2, 0.25) is 0 Å². The van der Waals surface area contributed by atoms with Crippen LogP contribution < -0.4 is 5.32 Å². The third-order valence-electron chi connectivity index (χ3n) is 5.54. The Kier molecular flexibility index (Phi) is 3.76. The summed E-state index contributed by atoms with van der Waals surface area (Å²) in [6.45, 7) is 1.54. The predicted octanol–water partition coefficient (Wildman–Crippen LogP) is 3.58. The number of rotatable bonds is 1.